The lowest BCUT2D eigenvalue weighted by molar-refractivity contribution is 0.399. The molecule has 0 aliphatic heterocycles. The molecule has 0 amide bonds. The van der Waals surface area contributed by atoms with Gasteiger partial charge in [-0.25, -0.2) is 4.98 Å². The van der Waals surface area contributed by atoms with E-state index in [0.717, 1.165) is 12.5 Å². The minimum Gasteiger partial charge on any atom is -0.337 e. The highest BCUT2D eigenvalue weighted by atomic mass is 15.0. The monoisotopic (exact) mass is 166 g/mol. The van der Waals surface area contributed by atoms with Crippen LogP contribution in [0.4, 0.5) is 0 Å². The summed E-state index contributed by atoms with van der Waals surface area (Å²) in [6.07, 6.45) is 9.67. The van der Waals surface area contributed by atoms with Crippen LogP contribution >= 0.6 is 0 Å². The maximum Gasteiger partial charge on any atom is 0.0945 e. The molecule has 1 unspecified atom stereocenters. The zero-order chi connectivity index (χ0) is 8.81. The Morgan fingerprint density at radius 3 is 2.75 bits per heavy atom. The summed E-state index contributed by atoms with van der Waals surface area (Å²) in [5, 5.41) is 0. The molecule has 0 saturated heterocycles. The first-order valence-corrected chi connectivity index (χ1v) is 4.82. The smallest absolute Gasteiger partial charge is 0.0945 e. The number of rotatable bonds is 5. The van der Waals surface area contributed by atoms with Crippen LogP contribution in [0.25, 0.3) is 0 Å². The van der Waals surface area contributed by atoms with Crippen LogP contribution in [0.5, 0.6) is 0 Å². The van der Waals surface area contributed by atoms with Gasteiger partial charge in [0.1, 0.15) is 0 Å². The van der Waals surface area contributed by atoms with Crippen molar-refractivity contribution in [3.8, 4) is 0 Å². The fourth-order valence-electron chi connectivity index (χ4n) is 1.53. The summed E-state index contributed by atoms with van der Waals surface area (Å²) >= 11 is 0. The molecule has 1 atom stereocenters. The number of nitrogens with zero attached hydrogens (tertiary/aromatic N) is 2. The molecule has 0 saturated carbocycles. The molecule has 68 valence electrons. The normalized spacial score (nSPS) is 13.2. The van der Waals surface area contributed by atoms with E-state index in [4.69, 9.17) is 0 Å². The highest BCUT2D eigenvalue weighted by Gasteiger charge is 2.04. The third kappa shape index (κ3) is 2.68. The van der Waals surface area contributed by atoms with Crippen LogP contribution in [-0.4, -0.2) is 9.55 Å². The van der Waals surface area contributed by atoms with E-state index in [2.05, 4.69) is 23.4 Å². The Morgan fingerprint density at radius 1 is 1.42 bits per heavy atom. The average molecular weight is 166 g/mol. The molecule has 0 aromatic carbocycles. The van der Waals surface area contributed by atoms with Crippen LogP contribution in [0.2, 0.25) is 0 Å². The lowest BCUT2D eigenvalue weighted by Gasteiger charge is -2.13. The predicted octanol–water partition coefficient (Wildman–Crippen LogP) is 2.71. The molecule has 1 heterocycles. The summed E-state index contributed by atoms with van der Waals surface area (Å²) in [5.74, 6) is 0.823. The van der Waals surface area contributed by atoms with Crippen molar-refractivity contribution in [3.05, 3.63) is 18.7 Å². The highest BCUT2D eigenvalue weighted by molar-refractivity contribution is 4.75. The van der Waals surface area contributed by atoms with E-state index in [1.807, 2.05) is 18.7 Å². The van der Waals surface area contributed by atoms with Gasteiger partial charge in [0.25, 0.3) is 0 Å². The van der Waals surface area contributed by atoms with Crippen molar-refractivity contribution in [2.45, 2.75) is 39.7 Å². The summed E-state index contributed by atoms with van der Waals surface area (Å²) in [6.45, 7) is 5.64. The fourth-order valence-corrected chi connectivity index (χ4v) is 1.53. The van der Waals surface area contributed by atoms with Gasteiger partial charge in [-0.1, -0.05) is 26.7 Å². The van der Waals surface area contributed by atoms with Crippen molar-refractivity contribution in [2.24, 2.45) is 5.92 Å². The maximum absolute atomic E-state index is 4.03. The molecule has 12 heavy (non-hydrogen) atoms. The van der Waals surface area contributed by atoms with Crippen LogP contribution in [0.1, 0.15) is 33.1 Å². The molecule has 0 N–H and O–H groups in total. The lowest BCUT2D eigenvalue weighted by atomic mass is 10.0. The van der Waals surface area contributed by atoms with Crippen molar-refractivity contribution in [3.63, 3.8) is 0 Å². The van der Waals surface area contributed by atoms with Crippen molar-refractivity contribution >= 4 is 0 Å². The Hall–Kier alpha value is -0.790. The second-order valence-corrected chi connectivity index (χ2v) is 3.32. The van der Waals surface area contributed by atoms with E-state index in [-0.39, 0.29) is 0 Å². The van der Waals surface area contributed by atoms with E-state index >= 15 is 0 Å². The topological polar surface area (TPSA) is 17.8 Å². The molecule has 1 aromatic heterocycles. The molecule has 0 spiro atoms. The van der Waals surface area contributed by atoms with Gasteiger partial charge in [-0.3, -0.25) is 0 Å². The van der Waals surface area contributed by atoms with E-state index in [0.29, 0.717) is 0 Å². The van der Waals surface area contributed by atoms with Crippen LogP contribution in [0, 0.1) is 5.92 Å². The molecule has 0 bridgehead atoms. The Balaban J connectivity index is 2.37. The molecule has 2 heteroatoms. The van der Waals surface area contributed by atoms with Gasteiger partial charge in [-0.2, -0.15) is 0 Å². The van der Waals surface area contributed by atoms with Gasteiger partial charge in [0.05, 0.1) is 6.33 Å². The summed E-state index contributed by atoms with van der Waals surface area (Å²) in [7, 11) is 0. The predicted molar refractivity (Wildman–Crippen MR) is 50.9 cm³/mol. The van der Waals surface area contributed by atoms with Crippen molar-refractivity contribution in [1.29, 1.82) is 0 Å². The Kier molecular flexibility index (Phi) is 3.85. The van der Waals surface area contributed by atoms with E-state index in [1.165, 1.54) is 19.3 Å². The number of hydrogen-bond donors (Lipinski definition) is 0. The standard InChI is InChI=1S/C10H18N2/c1-3-5-10(4-2)8-12-7-6-11-9-12/h6-7,9-10H,3-5,8H2,1-2H3. The van der Waals surface area contributed by atoms with Crippen LogP contribution in [0.15, 0.2) is 18.7 Å². The molecule has 0 fully saturated rings. The van der Waals surface area contributed by atoms with Gasteiger partial charge in [-0.15, -0.1) is 0 Å². The van der Waals surface area contributed by atoms with Crippen molar-refractivity contribution in [2.75, 3.05) is 0 Å². The van der Waals surface area contributed by atoms with Crippen LogP contribution in [-0.2, 0) is 6.54 Å². The number of imidazole rings is 1. The summed E-state index contributed by atoms with van der Waals surface area (Å²) in [5.41, 5.74) is 0. The minimum atomic E-state index is 0.823. The Morgan fingerprint density at radius 2 is 2.25 bits per heavy atom. The molecular formula is C10H18N2. The Labute approximate surface area is 74.6 Å². The van der Waals surface area contributed by atoms with Crippen LogP contribution in [0.3, 0.4) is 0 Å². The quantitative estimate of drug-likeness (QED) is 0.657. The molecule has 2 nitrogen and oxygen atoms in total. The van der Waals surface area contributed by atoms with Gasteiger partial charge < -0.3 is 4.57 Å². The third-order valence-electron chi connectivity index (χ3n) is 2.30. The zero-order valence-electron chi connectivity index (χ0n) is 8.03. The molecular weight excluding hydrogens is 148 g/mol. The first kappa shape index (κ1) is 9.30. The second-order valence-electron chi connectivity index (χ2n) is 3.32. The summed E-state index contributed by atoms with van der Waals surface area (Å²) in [6, 6.07) is 0. The molecule has 1 rings (SSSR count). The fraction of sp³-hybridized carbons (Fsp3) is 0.700. The molecule has 0 aliphatic rings. The largest absolute Gasteiger partial charge is 0.337 e. The third-order valence-corrected chi connectivity index (χ3v) is 2.30. The van der Waals surface area contributed by atoms with E-state index in [9.17, 15) is 0 Å². The van der Waals surface area contributed by atoms with Crippen molar-refractivity contribution < 1.29 is 0 Å². The minimum absolute atomic E-state index is 0.823. The molecule has 0 aliphatic carbocycles. The maximum atomic E-state index is 4.03. The van der Waals surface area contributed by atoms with Gasteiger partial charge >= 0.3 is 0 Å². The lowest BCUT2D eigenvalue weighted by Crippen LogP contribution is -2.08. The second kappa shape index (κ2) is 4.96. The van der Waals surface area contributed by atoms with E-state index in [1.54, 1.807) is 0 Å². The van der Waals surface area contributed by atoms with Crippen molar-refractivity contribution in [1.82, 2.24) is 9.55 Å². The van der Waals surface area contributed by atoms with Gasteiger partial charge in [0.2, 0.25) is 0 Å². The van der Waals surface area contributed by atoms with Crippen LogP contribution < -0.4 is 0 Å². The number of aromatic nitrogens is 2. The SMILES string of the molecule is CCCC(CC)Cn1ccnc1. The van der Waals surface area contributed by atoms with Gasteiger partial charge in [-0.05, 0) is 12.3 Å². The molecule has 0 radical (unpaired) electrons. The molecule has 1 aromatic rings. The van der Waals surface area contributed by atoms with Gasteiger partial charge in [0.15, 0.2) is 0 Å². The first-order valence-electron chi connectivity index (χ1n) is 4.82. The summed E-state index contributed by atoms with van der Waals surface area (Å²) in [4.78, 5) is 4.03. The summed E-state index contributed by atoms with van der Waals surface area (Å²) < 4.78 is 2.17. The highest BCUT2D eigenvalue weighted by Crippen LogP contribution is 2.12. The average Bonchev–Trinajstić information content (AvgIpc) is 2.56. The van der Waals surface area contributed by atoms with E-state index < -0.39 is 0 Å². The van der Waals surface area contributed by atoms with Gasteiger partial charge in [0, 0.05) is 18.9 Å². The first-order chi connectivity index (χ1) is 5.86. The Bertz CT molecular complexity index is 192. The number of hydrogen-bond acceptors (Lipinski definition) is 1. The zero-order valence-corrected chi connectivity index (χ0v) is 8.03.